The van der Waals surface area contributed by atoms with E-state index in [0.29, 0.717) is 56.9 Å². The lowest BCUT2D eigenvalue weighted by Crippen LogP contribution is -2.40. The van der Waals surface area contributed by atoms with Crippen LogP contribution < -0.4 is 31.9 Å². The van der Waals surface area contributed by atoms with Crippen molar-refractivity contribution in [3.8, 4) is 0 Å². The Kier molecular flexibility index (Phi) is 15.0. The lowest BCUT2D eigenvalue weighted by molar-refractivity contribution is -0.130. The zero-order chi connectivity index (χ0) is 38.5. The van der Waals surface area contributed by atoms with E-state index in [1.807, 2.05) is 24.0 Å². The molecule has 20 heteroatoms. The van der Waals surface area contributed by atoms with Crippen molar-refractivity contribution < 1.29 is 46.3 Å². The number of rotatable bonds is 16. The van der Waals surface area contributed by atoms with Crippen LogP contribution in [0.15, 0.2) is 17.3 Å². The monoisotopic (exact) mass is 769 g/mol. The van der Waals surface area contributed by atoms with Gasteiger partial charge >= 0.3 is 12.1 Å². The molecule has 0 radical (unpaired) electrons. The van der Waals surface area contributed by atoms with Crippen LogP contribution in [0.1, 0.15) is 75.1 Å². The van der Waals surface area contributed by atoms with Crippen LogP contribution in [0.25, 0.3) is 10.4 Å². The second kappa shape index (κ2) is 19.4. The quantitative estimate of drug-likeness (QED) is 0.0207. The number of halogens is 4. The molecule has 2 saturated heterocycles. The Morgan fingerprint density at radius 3 is 2.43 bits per heavy atom. The summed E-state index contributed by atoms with van der Waals surface area (Å²) in [6.07, 6.45) is 7.48. The molecule has 53 heavy (non-hydrogen) atoms. The summed E-state index contributed by atoms with van der Waals surface area (Å²) in [5, 5.41) is 19.0. The molecule has 2 aliphatic heterocycles. The van der Waals surface area contributed by atoms with Gasteiger partial charge in [-0.1, -0.05) is 24.5 Å². The molecule has 4 rings (SSSR count). The minimum atomic E-state index is -2.04. The number of hydrogen-bond donors (Lipinski definition) is 6. The molecule has 0 spiro atoms. The van der Waals surface area contributed by atoms with Gasteiger partial charge in [-0.25, -0.2) is 27.2 Å². The van der Waals surface area contributed by atoms with Gasteiger partial charge in [0, 0.05) is 53.9 Å². The van der Waals surface area contributed by atoms with Gasteiger partial charge in [0.2, 0.25) is 11.8 Å². The molecule has 2 fully saturated rings. The van der Waals surface area contributed by atoms with Gasteiger partial charge < -0.3 is 36.6 Å². The second-order valence-corrected chi connectivity index (χ2v) is 14.5. The van der Waals surface area contributed by atoms with Crippen molar-refractivity contribution in [1.29, 1.82) is 0 Å². The highest BCUT2D eigenvalue weighted by molar-refractivity contribution is 8.00. The Balaban J connectivity index is 1.07. The van der Waals surface area contributed by atoms with Crippen molar-refractivity contribution in [3.63, 3.8) is 0 Å². The van der Waals surface area contributed by atoms with Crippen LogP contribution in [0.5, 0.6) is 0 Å². The first-order valence-electron chi connectivity index (χ1n) is 17.4. The number of hydrogen-bond acceptors (Lipinski definition) is 8. The van der Waals surface area contributed by atoms with Crippen molar-refractivity contribution in [2.24, 2.45) is 10.5 Å². The van der Waals surface area contributed by atoms with Crippen molar-refractivity contribution in [2.75, 3.05) is 31.9 Å². The number of benzene rings is 1. The zero-order valence-electron chi connectivity index (χ0n) is 29.1. The number of amides is 6. The summed E-state index contributed by atoms with van der Waals surface area (Å²) in [6, 6.07) is 0.245. The predicted molar refractivity (Wildman–Crippen MR) is 186 cm³/mol. The van der Waals surface area contributed by atoms with Crippen LogP contribution >= 0.6 is 11.8 Å². The average molecular weight is 770 g/mol. The number of nitrogens with one attached hydrogen (secondary N) is 6. The summed E-state index contributed by atoms with van der Waals surface area (Å²) in [4.78, 5) is 63.3. The third kappa shape index (κ3) is 11.1. The molecule has 6 N–H and O–H groups in total. The molecule has 6 amide bonds. The lowest BCUT2D eigenvalue weighted by Gasteiger charge is -2.29. The molecule has 0 saturated carbocycles. The van der Waals surface area contributed by atoms with E-state index in [4.69, 9.17) is 10.3 Å². The minimum absolute atomic E-state index is 0.0329. The Morgan fingerprint density at radius 2 is 1.70 bits per heavy atom. The second-order valence-electron chi connectivity index (χ2n) is 13.2. The van der Waals surface area contributed by atoms with Gasteiger partial charge in [-0.2, -0.15) is 11.8 Å². The normalized spacial score (nSPS) is 23.9. The maximum atomic E-state index is 14.2. The maximum absolute atomic E-state index is 14.2. The van der Waals surface area contributed by atoms with E-state index in [1.165, 1.54) is 0 Å². The van der Waals surface area contributed by atoms with Gasteiger partial charge in [0.05, 0.1) is 12.1 Å². The van der Waals surface area contributed by atoms with Gasteiger partial charge in [-0.15, -0.1) is 0 Å². The van der Waals surface area contributed by atoms with Gasteiger partial charge in [0.25, 0.3) is 5.91 Å². The van der Waals surface area contributed by atoms with Crippen molar-refractivity contribution in [1.82, 2.24) is 31.9 Å². The Morgan fingerprint density at radius 1 is 0.981 bits per heavy atom. The van der Waals surface area contributed by atoms with Gasteiger partial charge in [0.1, 0.15) is 17.4 Å². The number of nitrogens with zero attached hydrogens (tertiary/aromatic N) is 3. The molecule has 0 bridgehead atoms. The molecule has 1 aromatic rings. The Bertz CT molecular complexity index is 1600. The molecule has 2 heterocycles. The van der Waals surface area contributed by atoms with Crippen LogP contribution in [0, 0.1) is 28.7 Å². The topological polar surface area (TPSA) is 216 Å². The Hall–Kier alpha value is -4.71. The number of carbonyl (C=O) groups is 5. The molecule has 15 nitrogen and oxygen atoms in total. The van der Waals surface area contributed by atoms with Crippen LogP contribution in [-0.2, 0) is 14.3 Å². The number of carbonyl (C=O) groups excluding carboxylic acids is 5. The maximum Gasteiger partial charge on any atom is 0.407 e. The number of ether oxygens (including phenoxy) is 1. The highest BCUT2D eigenvalue weighted by atomic mass is 32.2. The average Bonchev–Trinajstić information content (AvgIpc) is 3.67. The molecule has 0 aromatic heterocycles. The smallest absolute Gasteiger partial charge is 0.407 e. The third-order valence-electron chi connectivity index (χ3n) is 9.28. The molecule has 3 aliphatic rings. The van der Waals surface area contributed by atoms with Crippen LogP contribution in [0.3, 0.4) is 0 Å². The minimum Gasteiger partial charge on any atom is -0.442 e. The van der Waals surface area contributed by atoms with Crippen molar-refractivity contribution >= 4 is 47.3 Å². The van der Waals surface area contributed by atoms with Crippen molar-refractivity contribution in [2.45, 2.75) is 88.1 Å². The summed E-state index contributed by atoms with van der Waals surface area (Å²) in [5.41, 5.74) is 4.52. The largest absolute Gasteiger partial charge is 0.442 e. The number of allylic oxidation sites excluding steroid dienone is 1. The molecular weight excluding hydrogens is 726 g/mol. The number of alkyl carbamates (subject to hydrolysis) is 1. The number of thioether (sulfide) groups is 1. The van der Waals surface area contributed by atoms with Crippen molar-refractivity contribution in [3.05, 3.63) is 51.4 Å². The fourth-order valence-electron chi connectivity index (χ4n) is 6.33. The van der Waals surface area contributed by atoms with E-state index < -0.39 is 58.0 Å². The number of azide groups is 1. The fourth-order valence-corrected chi connectivity index (χ4v) is 7.87. The molecule has 290 valence electrons. The first-order valence-corrected chi connectivity index (χ1v) is 18.4. The van der Waals surface area contributed by atoms with E-state index >= 15 is 0 Å². The number of fused-ring (bicyclic) bond motifs is 1. The first kappa shape index (κ1) is 41.1. The highest BCUT2D eigenvalue weighted by Gasteiger charge is 2.42. The summed E-state index contributed by atoms with van der Waals surface area (Å²) in [5.74, 6) is -8.90. The van der Waals surface area contributed by atoms with Gasteiger partial charge in [-0.3, -0.25) is 14.4 Å². The van der Waals surface area contributed by atoms with Gasteiger partial charge in [0.15, 0.2) is 23.3 Å². The van der Waals surface area contributed by atoms with E-state index in [-0.39, 0.29) is 43.0 Å². The van der Waals surface area contributed by atoms with E-state index in [2.05, 4.69) is 36.6 Å². The van der Waals surface area contributed by atoms with Crippen LogP contribution in [-0.4, -0.2) is 85.2 Å². The van der Waals surface area contributed by atoms with Crippen LogP contribution in [0.4, 0.5) is 32.8 Å². The lowest BCUT2D eigenvalue weighted by atomic mass is 9.79. The standard InChI is InChI=1S/C33H43F4N9O6S/c1-33(30(49)41-14-6-13-39-21(47)10-3-2-9-20-27-19(17-53-20)43-31(50)44-27)11-4-7-18(8-5-12-33)52-32(51)42-16-15-40-29(48)22-23(34)25(36)28(45-46-38)26(37)24(22)35/h4,7,18-20,27H,2-3,5-6,8-17H2,1H3,(H,39,47)(H,40,48)(H,41,49)(H,42,51)(H2,43,44,50)/b7-4+/t18?,19-,20?,27?,33?/m1/s1. The zero-order valence-corrected chi connectivity index (χ0v) is 29.9. The summed E-state index contributed by atoms with van der Waals surface area (Å²) in [7, 11) is 0. The van der Waals surface area contributed by atoms with E-state index in [0.717, 1.165) is 25.0 Å². The molecule has 5 atom stereocenters. The summed E-state index contributed by atoms with van der Waals surface area (Å²) in [6.45, 7) is 2.06. The molecule has 1 aliphatic carbocycles. The number of urea groups is 1. The summed E-state index contributed by atoms with van der Waals surface area (Å²) >= 11 is 1.85. The first-order chi connectivity index (χ1) is 25.3. The molecule has 1 aromatic carbocycles. The fraction of sp³-hybridized carbons (Fsp3) is 0.606. The van der Waals surface area contributed by atoms with E-state index in [1.54, 1.807) is 12.2 Å². The predicted octanol–water partition coefficient (Wildman–Crippen LogP) is 4.49. The molecule has 4 unspecified atom stereocenters. The van der Waals surface area contributed by atoms with Crippen LogP contribution in [0.2, 0.25) is 0 Å². The third-order valence-corrected chi connectivity index (χ3v) is 10.8. The summed E-state index contributed by atoms with van der Waals surface area (Å²) < 4.78 is 61.6. The Labute approximate surface area is 307 Å². The van der Waals surface area contributed by atoms with Gasteiger partial charge in [-0.05, 0) is 56.6 Å². The van der Waals surface area contributed by atoms with E-state index in [9.17, 15) is 41.5 Å². The molecular formula is C33H43F4N9O6S. The number of unbranched alkanes of at least 4 members (excludes halogenated alkanes) is 1. The highest BCUT2D eigenvalue weighted by Crippen LogP contribution is 2.34. The SMILES string of the molecule is CC1(C(=O)NCCCNC(=O)CCCCC2SC[C@H]3NC(=O)NC23)C/C=C/C(OC(=O)NCCNC(=O)c2c(F)c(F)c(N=[N+]=[N-])c(F)c2F)CCC1.